The Bertz CT molecular complexity index is 254. The average molecular weight is 197 g/mol. The molecule has 0 aromatic carbocycles. The fourth-order valence-corrected chi connectivity index (χ4v) is 0.898. The third-order valence-corrected chi connectivity index (χ3v) is 1.58. The van der Waals surface area contributed by atoms with E-state index in [-0.39, 0.29) is 5.76 Å². The third kappa shape index (κ3) is 5.79. The molecule has 0 aromatic rings. The Morgan fingerprint density at radius 3 is 2.71 bits per heavy atom. The first-order valence-corrected chi connectivity index (χ1v) is 4.18. The summed E-state index contributed by atoms with van der Waals surface area (Å²) in [4.78, 5) is 2.61. The molecule has 0 saturated heterocycles. The minimum Gasteiger partial charge on any atom is -0.513 e. The van der Waals surface area contributed by atoms with E-state index >= 15 is 0 Å². The van der Waals surface area contributed by atoms with E-state index in [1.807, 2.05) is 0 Å². The van der Waals surface area contributed by atoms with Crippen molar-refractivity contribution in [3.05, 3.63) is 35.2 Å². The predicted octanol–water partition coefficient (Wildman–Crippen LogP) is 1.54. The molecule has 0 radical (unpaired) electrons. The minimum absolute atomic E-state index is 0.116. The van der Waals surface area contributed by atoms with Gasteiger partial charge in [-0.25, -0.2) is 0 Å². The molecule has 14 heavy (non-hydrogen) atoms. The monoisotopic (exact) mass is 197 g/mol. The highest BCUT2D eigenvalue weighted by Gasteiger charge is 2.08. The standard InChI is InChI=1S/C8H15N5O/c1-6(14)8(12-13-10)4-3-5-11-7(2)9/h8,11,14H,1-5,9H2. The highest BCUT2D eigenvalue weighted by atomic mass is 16.3. The molecule has 0 rings (SSSR count). The molecule has 0 fully saturated rings. The minimum atomic E-state index is -0.562. The molecule has 0 aliphatic rings. The number of nitrogens with one attached hydrogen (secondary N) is 1. The van der Waals surface area contributed by atoms with E-state index in [1.54, 1.807) is 0 Å². The Kier molecular flexibility index (Phi) is 5.82. The van der Waals surface area contributed by atoms with Crippen LogP contribution < -0.4 is 11.1 Å². The van der Waals surface area contributed by atoms with Crippen LogP contribution in [0.5, 0.6) is 0 Å². The molecular weight excluding hydrogens is 182 g/mol. The second kappa shape index (κ2) is 6.68. The van der Waals surface area contributed by atoms with E-state index in [0.717, 1.165) is 0 Å². The molecule has 1 atom stereocenters. The van der Waals surface area contributed by atoms with Gasteiger partial charge in [-0.3, -0.25) is 0 Å². The van der Waals surface area contributed by atoms with Gasteiger partial charge >= 0.3 is 0 Å². The highest BCUT2D eigenvalue weighted by Crippen LogP contribution is 2.08. The van der Waals surface area contributed by atoms with Crippen molar-refractivity contribution < 1.29 is 5.11 Å². The maximum absolute atomic E-state index is 9.03. The first-order valence-electron chi connectivity index (χ1n) is 4.18. The van der Waals surface area contributed by atoms with Crippen molar-refractivity contribution in [1.82, 2.24) is 5.32 Å². The van der Waals surface area contributed by atoms with Crippen molar-refractivity contribution in [2.45, 2.75) is 18.9 Å². The number of aliphatic hydroxyl groups is 1. The molecule has 4 N–H and O–H groups in total. The van der Waals surface area contributed by atoms with Gasteiger partial charge in [-0.15, -0.1) is 0 Å². The summed E-state index contributed by atoms with van der Waals surface area (Å²) < 4.78 is 0. The molecule has 0 aliphatic carbocycles. The Labute approximate surface area is 82.7 Å². The summed E-state index contributed by atoms with van der Waals surface area (Å²) in [7, 11) is 0. The van der Waals surface area contributed by atoms with Crippen molar-refractivity contribution in [2.75, 3.05) is 6.54 Å². The number of rotatable bonds is 7. The van der Waals surface area contributed by atoms with Crippen LogP contribution in [-0.2, 0) is 0 Å². The zero-order chi connectivity index (χ0) is 11.0. The van der Waals surface area contributed by atoms with Crippen molar-refractivity contribution in [3.8, 4) is 0 Å². The number of nitrogens with two attached hydrogens (primary N) is 1. The van der Waals surface area contributed by atoms with E-state index in [1.165, 1.54) is 0 Å². The summed E-state index contributed by atoms with van der Waals surface area (Å²) in [6, 6.07) is -0.562. The Balaban J connectivity index is 3.78. The van der Waals surface area contributed by atoms with Gasteiger partial charge in [-0.2, -0.15) is 0 Å². The van der Waals surface area contributed by atoms with Crippen LogP contribution in [0.25, 0.3) is 10.4 Å². The van der Waals surface area contributed by atoms with Crippen LogP contribution in [0.15, 0.2) is 29.9 Å². The Hall–Kier alpha value is -1.81. The second-order valence-corrected chi connectivity index (χ2v) is 2.81. The molecule has 0 spiro atoms. The van der Waals surface area contributed by atoms with E-state index in [0.29, 0.717) is 25.2 Å². The number of aliphatic hydroxyl groups excluding tert-OH is 1. The number of azide groups is 1. The van der Waals surface area contributed by atoms with E-state index in [4.69, 9.17) is 16.4 Å². The summed E-state index contributed by atoms with van der Waals surface area (Å²) in [5.74, 6) is 0.280. The first kappa shape index (κ1) is 12.2. The molecule has 0 heterocycles. The van der Waals surface area contributed by atoms with Gasteiger partial charge < -0.3 is 16.2 Å². The zero-order valence-corrected chi connectivity index (χ0v) is 7.98. The lowest BCUT2D eigenvalue weighted by molar-refractivity contribution is 0.359. The van der Waals surface area contributed by atoms with Crippen LogP contribution in [0.4, 0.5) is 0 Å². The second-order valence-electron chi connectivity index (χ2n) is 2.81. The molecule has 6 nitrogen and oxygen atoms in total. The molecular formula is C8H15N5O. The maximum Gasteiger partial charge on any atom is 0.0941 e. The van der Waals surface area contributed by atoms with Crippen LogP contribution in [0.3, 0.4) is 0 Å². The topological polar surface area (TPSA) is 107 Å². The Morgan fingerprint density at radius 2 is 2.29 bits per heavy atom. The lowest BCUT2D eigenvalue weighted by atomic mass is 10.1. The molecule has 0 bridgehead atoms. The summed E-state index contributed by atoms with van der Waals surface area (Å²) >= 11 is 0. The van der Waals surface area contributed by atoms with Gasteiger partial charge in [0.15, 0.2) is 0 Å². The molecule has 6 heteroatoms. The largest absolute Gasteiger partial charge is 0.513 e. The fourth-order valence-electron chi connectivity index (χ4n) is 0.898. The summed E-state index contributed by atoms with van der Waals surface area (Å²) in [6.45, 7) is 7.40. The summed E-state index contributed by atoms with van der Waals surface area (Å²) in [6.07, 6.45) is 1.24. The predicted molar refractivity (Wildman–Crippen MR) is 55.3 cm³/mol. The zero-order valence-electron chi connectivity index (χ0n) is 7.98. The van der Waals surface area contributed by atoms with Gasteiger partial charge in [0.2, 0.25) is 0 Å². The van der Waals surface area contributed by atoms with Crippen LogP contribution >= 0.6 is 0 Å². The SMILES string of the molecule is C=C(N)NCCCC(N=[N+]=[N-])C(=C)O. The molecule has 0 aliphatic heterocycles. The van der Waals surface area contributed by atoms with Crippen molar-refractivity contribution in [2.24, 2.45) is 10.8 Å². The van der Waals surface area contributed by atoms with Gasteiger partial charge in [-0.05, 0) is 18.4 Å². The van der Waals surface area contributed by atoms with E-state index in [2.05, 4.69) is 28.5 Å². The molecule has 1 unspecified atom stereocenters. The molecule has 0 saturated carbocycles. The average Bonchev–Trinajstić information content (AvgIpc) is 2.09. The number of nitrogens with zero attached hydrogens (tertiary/aromatic N) is 3. The Morgan fingerprint density at radius 1 is 1.64 bits per heavy atom. The summed E-state index contributed by atoms with van der Waals surface area (Å²) in [5.41, 5.74) is 13.5. The summed E-state index contributed by atoms with van der Waals surface area (Å²) in [5, 5.41) is 15.2. The van der Waals surface area contributed by atoms with E-state index < -0.39 is 6.04 Å². The first-order chi connectivity index (χ1) is 6.57. The molecule has 0 aromatic heterocycles. The quantitative estimate of drug-likeness (QED) is 0.189. The number of hydrogen-bond acceptors (Lipinski definition) is 4. The van der Waals surface area contributed by atoms with Crippen molar-refractivity contribution in [1.29, 1.82) is 0 Å². The van der Waals surface area contributed by atoms with Gasteiger partial charge in [0, 0.05) is 11.5 Å². The van der Waals surface area contributed by atoms with Crippen LogP contribution in [-0.4, -0.2) is 17.7 Å². The fraction of sp³-hybridized carbons (Fsp3) is 0.500. The maximum atomic E-state index is 9.03. The van der Waals surface area contributed by atoms with Crippen LogP contribution in [0.2, 0.25) is 0 Å². The van der Waals surface area contributed by atoms with Gasteiger partial charge in [0.1, 0.15) is 0 Å². The number of hydrogen-bond donors (Lipinski definition) is 3. The molecule has 78 valence electrons. The third-order valence-electron chi connectivity index (χ3n) is 1.58. The van der Waals surface area contributed by atoms with Gasteiger partial charge in [0.05, 0.1) is 17.6 Å². The molecule has 0 amide bonds. The van der Waals surface area contributed by atoms with E-state index in [9.17, 15) is 0 Å². The normalized spacial score (nSPS) is 11.1. The lowest BCUT2D eigenvalue weighted by Gasteiger charge is -2.09. The van der Waals surface area contributed by atoms with Gasteiger partial charge in [-0.1, -0.05) is 18.3 Å². The smallest absolute Gasteiger partial charge is 0.0941 e. The lowest BCUT2D eigenvalue weighted by Crippen LogP contribution is -2.21. The van der Waals surface area contributed by atoms with Crippen molar-refractivity contribution >= 4 is 0 Å². The van der Waals surface area contributed by atoms with Crippen LogP contribution in [0.1, 0.15) is 12.8 Å². The van der Waals surface area contributed by atoms with Crippen LogP contribution in [0, 0.1) is 0 Å². The van der Waals surface area contributed by atoms with Gasteiger partial charge in [0.25, 0.3) is 0 Å². The highest BCUT2D eigenvalue weighted by molar-refractivity contribution is 4.95. The van der Waals surface area contributed by atoms with Crippen molar-refractivity contribution in [3.63, 3.8) is 0 Å².